The summed E-state index contributed by atoms with van der Waals surface area (Å²) < 4.78 is 10.8. The molecule has 2 aliphatic heterocycles. The molecule has 2 aliphatic rings. The molecule has 0 spiro atoms. The molecule has 0 aromatic carbocycles. The minimum atomic E-state index is 0. The molecule has 1 N–H and O–H groups in total. The van der Waals surface area contributed by atoms with Gasteiger partial charge in [0.15, 0.2) is 5.96 Å². The highest BCUT2D eigenvalue weighted by Gasteiger charge is 2.16. The molecule has 3 rings (SSSR count). The van der Waals surface area contributed by atoms with Gasteiger partial charge in [0.05, 0.1) is 19.5 Å². The van der Waals surface area contributed by atoms with Gasteiger partial charge in [0.1, 0.15) is 5.76 Å². The van der Waals surface area contributed by atoms with Gasteiger partial charge in [-0.3, -0.25) is 9.89 Å². The van der Waals surface area contributed by atoms with Gasteiger partial charge < -0.3 is 19.4 Å². The first kappa shape index (κ1) is 20.5. The number of nitrogens with zero attached hydrogens (tertiary/aromatic N) is 3. The second kappa shape index (κ2) is 11.7. The molecule has 25 heavy (non-hydrogen) atoms. The monoisotopic (exact) mass is 462 g/mol. The molecule has 0 radical (unpaired) electrons. The van der Waals surface area contributed by atoms with E-state index in [9.17, 15) is 0 Å². The molecule has 0 aliphatic carbocycles. The van der Waals surface area contributed by atoms with E-state index in [1.165, 1.54) is 12.8 Å². The number of ether oxygens (including phenoxy) is 1. The minimum Gasteiger partial charge on any atom is -0.469 e. The summed E-state index contributed by atoms with van der Waals surface area (Å²) in [7, 11) is 0. The van der Waals surface area contributed by atoms with Crippen molar-refractivity contribution in [2.45, 2.75) is 25.7 Å². The van der Waals surface area contributed by atoms with E-state index in [1.54, 1.807) is 6.26 Å². The molecular weight excluding hydrogens is 431 g/mol. The summed E-state index contributed by atoms with van der Waals surface area (Å²) in [5, 5.41) is 3.52. The Balaban J connectivity index is 0.00000225. The van der Waals surface area contributed by atoms with Crippen LogP contribution in [0, 0.1) is 0 Å². The predicted molar refractivity (Wildman–Crippen MR) is 111 cm³/mol. The Morgan fingerprint density at radius 2 is 1.96 bits per heavy atom. The second-order valence-electron chi connectivity index (χ2n) is 6.46. The van der Waals surface area contributed by atoms with Crippen LogP contribution < -0.4 is 5.32 Å². The number of furan rings is 1. The van der Waals surface area contributed by atoms with Crippen LogP contribution in [0.1, 0.15) is 25.0 Å². The molecule has 0 saturated carbocycles. The lowest BCUT2D eigenvalue weighted by atomic mass is 10.3. The number of guanidine groups is 1. The third kappa shape index (κ3) is 7.15. The summed E-state index contributed by atoms with van der Waals surface area (Å²) in [6, 6.07) is 3.97. The van der Waals surface area contributed by atoms with Crippen LogP contribution in [0.25, 0.3) is 0 Å². The van der Waals surface area contributed by atoms with E-state index in [2.05, 4.69) is 15.1 Å². The van der Waals surface area contributed by atoms with E-state index < -0.39 is 0 Å². The zero-order chi connectivity index (χ0) is 16.5. The van der Waals surface area contributed by atoms with Crippen LogP contribution in [0.15, 0.2) is 27.8 Å². The molecule has 6 nitrogen and oxygen atoms in total. The topological polar surface area (TPSA) is 53.2 Å². The molecule has 2 saturated heterocycles. The van der Waals surface area contributed by atoms with Gasteiger partial charge in [-0.2, -0.15) is 0 Å². The summed E-state index contributed by atoms with van der Waals surface area (Å²) in [6.07, 6.45) is 6.28. The smallest absolute Gasteiger partial charge is 0.193 e. The molecule has 142 valence electrons. The summed E-state index contributed by atoms with van der Waals surface area (Å²) in [5.41, 5.74) is 0. The van der Waals surface area contributed by atoms with Gasteiger partial charge in [-0.05, 0) is 31.4 Å². The van der Waals surface area contributed by atoms with Crippen molar-refractivity contribution in [3.8, 4) is 0 Å². The van der Waals surface area contributed by atoms with Gasteiger partial charge >= 0.3 is 0 Å². The molecule has 7 heteroatoms. The maximum atomic E-state index is 5.40. The average Bonchev–Trinajstić information content (AvgIpc) is 3.31. The Hall–Kier alpha value is -0.800. The second-order valence-corrected chi connectivity index (χ2v) is 6.46. The van der Waals surface area contributed by atoms with Crippen LogP contribution in [0.5, 0.6) is 0 Å². The Kier molecular flexibility index (Phi) is 9.64. The number of likely N-dealkylation sites (tertiary alicyclic amines) is 1. The number of hydrogen-bond donors (Lipinski definition) is 1. The third-order valence-electron chi connectivity index (χ3n) is 4.64. The number of aliphatic imine (C=N–C) groups is 1. The van der Waals surface area contributed by atoms with Gasteiger partial charge in [-0.25, -0.2) is 0 Å². The highest BCUT2D eigenvalue weighted by atomic mass is 127. The Labute approximate surface area is 168 Å². The molecule has 1 aromatic rings. The number of halogens is 1. The lowest BCUT2D eigenvalue weighted by Gasteiger charge is -2.26. The highest BCUT2D eigenvalue weighted by Crippen LogP contribution is 2.08. The van der Waals surface area contributed by atoms with Crippen LogP contribution in [0.3, 0.4) is 0 Å². The zero-order valence-electron chi connectivity index (χ0n) is 15.0. The van der Waals surface area contributed by atoms with Crippen molar-refractivity contribution in [1.82, 2.24) is 15.1 Å². The van der Waals surface area contributed by atoms with Crippen LogP contribution >= 0.6 is 24.0 Å². The fourth-order valence-electron chi connectivity index (χ4n) is 3.25. The van der Waals surface area contributed by atoms with Crippen LogP contribution in [0.4, 0.5) is 0 Å². The number of hydrogen-bond acceptors (Lipinski definition) is 4. The predicted octanol–water partition coefficient (Wildman–Crippen LogP) is 2.20. The fraction of sp³-hybridized carbons (Fsp3) is 0.722. The lowest BCUT2D eigenvalue weighted by molar-refractivity contribution is 0.0377. The average molecular weight is 462 g/mol. The van der Waals surface area contributed by atoms with Crippen LogP contribution in [0.2, 0.25) is 0 Å². The van der Waals surface area contributed by atoms with Gasteiger partial charge in [-0.1, -0.05) is 0 Å². The number of morpholine rings is 1. The van der Waals surface area contributed by atoms with E-state index in [1.807, 2.05) is 12.1 Å². The minimum absolute atomic E-state index is 0. The van der Waals surface area contributed by atoms with E-state index in [4.69, 9.17) is 14.1 Å². The fourth-order valence-corrected chi connectivity index (χ4v) is 3.25. The van der Waals surface area contributed by atoms with Crippen molar-refractivity contribution < 1.29 is 9.15 Å². The molecule has 3 heterocycles. The zero-order valence-corrected chi connectivity index (χ0v) is 17.3. The van der Waals surface area contributed by atoms with Gasteiger partial charge in [-0.15, -0.1) is 24.0 Å². The molecule has 1 aromatic heterocycles. The SMILES string of the molecule is I.c1coc(CCNC(=NCCCN2CCOCC2)N2CCCC2)c1. The molecular formula is C18H31IN4O2. The van der Waals surface area contributed by atoms with Gasteiger partial charge in [0, 0.05) is 52.2 Å². The van der Waals surface area contributed by atoms with Crippen LogP contribution in [-0.2, 0) is 11.2 Å². The van der Waals surface area contributed by atoms with E-state index in [-0.39, 0.29) is 24.0 Å². The molecule has 2 fully saturated rings. The largest absolute Gasteiger partial charge is 0.469 e. The van der Waals surface area contributed by atoms with Crippen molar-refractivity contribution in [2.24, 2.45) is 4.99 Å². The Bertz CT molecular complexity index is 483. The molecule has 0 atom stereocenters. The first-order chi connectivity index (χ1) is 11.9. The summed E-state index contributed by atoms with van der Waals surface area (Å²) in [5.74, 6) is 2.09. The first-order valence-corrected chi connectivity index (χ1v) is 9.27. The molecule has 0 amide bonds. The first-order valence-electron chi connectivity index (χ1n) is 9.27. The molecule has 0 unspecified atom stereocenters. The van der Waals surface area contributed by atoms with Crippen LogP contribution in [-0.4, -0.2) is 74.8 Å². The van der Waals surface area contributed by atoms with Gasteiger partial charge in [0.25, 0.3) is 0 Å². The van der Waals surface area contributed by atoms with Crippen molar-refractivity contribution in [1.29, 1.82) is 0 Å². The van der Waals surface area contributed by atoms with Crippen molar-refractivity contribution in [3.63, 3.8) is 0 Å². The third-order valence-corrected chi connectivity index (χ3v) is 4.64. The molecule has 0 bridgehead atoms. The lowest BCUT2D eigenvalue weighted by Crippen LogP contribution is -2.41. The Morgan fingerprint density at radius 1 is 1.16 bits per heavy atom. The van der Waals surface area contributed by atoms with Gasteiger partial charge in [0.2, 0.25) is 0 Å². The van der Waals surface area contributed by atoms with E-state index in [0.717, 1.165) is 83.6 Å². The number of rotatable bonds is 7. The maximum Gasteiger partial charge on any atom is 0.193 e. The quantitative estimate of drug-likeness (QED) is 0.292. The van der Waals surface area contributed by atoms with E-state index >= 15 is 0 Å². The number of nitrogens with one attached hydrogen (secondary N) is 1. The maximum absolute atomic E-state index is 5.40. The van der Waals surface area contributed by atoms with Crippen molar-refractivity contribution >= 4 is 29.9 Å². The summed E-state index contributed by atoms with van der Waals surface area (Å²) in [4.78, 5) is 9.71. The Morgan fingerprint density at radius 3 is 2.68 bits per heavy atom. The van der Waals surface area contributed by atoms with Crippen molar-refractivity contribution in [3.05, 3.63) is 24.2 Å². The normalized spacial score (nSPS) is 19.0. The summed E-state index contributed by atoms with van der Waals surface area (Å²) >= 11 is 0. The highest BCUT2D eigenvalue weighted by molar-refractivity contribution is 14.0. The standard InChI is InChI=1S/C18H30N4O2.HI/c1-2-11-22(10-1)18(20-8-6-17-5-3-14-24-17)19-7-4-9-21-12-15-23-16-13-21;/h3,5,14H,1-2,4,6-13,15-16H2,(H,19,20);1H. The van der Waals surface area contributed by atoms with Crippen molar-refractivity contribution in [2.75, 3.05) is 59.0 Å². The van der Waals surface area contributed by atoms with E-state index in [0.29, 0.717) is 0 Å². The summed E-state index contributed by atoms with van der Waals surface area (Å²) in [6.45, 7) is 8.98.